The number of nitrogens with zero attached hydrogens (tertiary/aromatic N) is 4. The van der Waals surface area contributed by atoms with Gasteiger partial charge >= 0.3 is 0 Å². The fourth-order valence-electron chi connectivity index (χ4n) is 1.89. The van der Waals surface area contributed by atoms with Crippen molar-refractivity contribution in [3.8, 4) is 0 Å². The fraction of sp³-hybridized carbons (Fsp3) is 0.357. The Morgan fingerprint density at radius 1 is 1.19 bits per heavy atom. The monoisotopic (exact) mass is 369 g/mol. The van der Waals surface area contributed by atoms with Crippen LogP contribution in [0.1, 0.15) is 19.4 Å². The van der Waals surface area contributed by atoms with Crippen molar-refractivity contribution in [3.05, 3.63) is 39.6 Å². The van der Waals surface area contributed by atoms with E-state index in [2.05, 4.69) is 50.0 Å². The lowest BCUT2D eigenvalue weighted by Crippen LogP contribution is -2.25. The largest absolute Gasteiger partial charge is 0.350 e. The van der Waals surface area contributed by atoms with E-state index in [0.29, 0.717) is 18.4 Å². The number of aromatic nitrogens is 3. The molecule has 1 N–H and O–H groups in total. The van der Waals surface area contributed by atoms with Crippen LogP contribution in [0, 0.1) is 0 Å². The van der Waals surface area contributed by atoms with Gasteiger partial charge in [-0.2, -0.15) is 15.0 Å². The highest BCUT2D eigenvalue weighted by molar-refractivity contribution is 9.10. The van der Waals surface area contributed by atoms with Crippen molar-refractivity contribution in [1.82, 2.24) is 15.0 Å². The summed E-state index contributed by atoms with van der Waals surface area (Å²) in [5, 5.41) is 3.38. The van der Waals surface area contributed by atoms with Crippen LogP contribution >= 0.6 is 27.5 Å². The molecule has 0 aliphatic rings. The minimum atomic E-state index is 0.198. The molecule has 0 fully saturated rings. The molecule has 0 bridgehead atoms. The first-order chi connectivity index (χ1) is 10.1. The van der Waals surface area contributed by atoms with E-state index < -0.39 is 0 Å². The van der Waals surface area contributed by atoms with E-state index in [1.807, 2.05) is 29.2 Å². The summed E-state index contributed by atoms with van der Waals surface area (Å²) in [6.07, 6.45) is 0. The smallest absolute Gasteiger partial charge is 0.231 e. The van der Waals surface area contributed by atoms with Crippen LogP contribution in [0.4, 0.5) is 11.9 Å². The quantitative estimate of drug-likeness (QED) is 0.839. The number of hydrogen-bond acceptors (Lipinski definition) is 5. The summed E-state index contributed by atoms with van der Waals surface area (Å²) < 4.78 is 1.04. The zero-order valence-electron chi connectivity index (χ0n) is 12.0. The maximum atomic E-state index is 5.98. The Labute approximate surface area is 137 Å². The van der Waals surface area contributed by atoms with Crippen molar-refractivity contribution in [2.45, 2.75) is 20.4 Å². The van der Waals surface area contributed by atoms with Gasteiger partial charge in [0.2, 0.25) is 17.2 Å². The standard InChI is InChI=1S/C14H17BrClN5/c1-3-21(4-2)14-19-12(16)18-13(20-14)17-9-10-6-5-7-11(15)8-10/h5-8H,3-4,9H2,1-2H3,(H,17,18,19,20). The first-order valence-electron chi connectivity index (χ1n) is 6.77. The van der Waals surface area contributed by atoms with E-state index in [4.69, 9.17) is 11.6 Å². The molecule has 0 radical (unpaired) electrons. The summed E-state index contributed by atoms with van der Waals surface area (Å²) in [6, 6.07) is 8.05. The molecule has 0 spiro atoms. The lowest BCUT2D eigenvalue weighted by molar-refractivity contribution is 0.811. The lowest BCUT2D eigenvalue weighted by Gasteiger charge is -2.18. The first-order valence-corrected chi connectivity index (χ1v) is 7.94. The van der Waals surface area contributed by atoms with Crippen molar-refractivity contribution in [2.75, 3.05) is 23.3 Å². The van der Waals surface area contributed by atoms with Gasteiger partial charge in [0.25, 0.3) is 0 Å². The SMILES string of the molecule is CCN(CC)c1nc(Cl)nc(NCc2cccc(Br)c2)n1. The minimum Gasteiger partial charge on any atom is -0.350 e. The topological polar surface area (TPSA) is 53.9 Å². The molecular weight excluding hydrogens is 354 g/mol. The van der Waals surface area contributed by atoms with Crippen LogP contribution < -0.4 is 10.2 Å². The third-order valence-corrected chi connectivity index (χ3v) is 3.64. The van der Waals surface area contributed by atoms with E-state index in [1.165, 1.54) is 0 Å². The summed E-state index contributed by atoms with van der Waals surface area (Å²) >= 11 is 9.43. The van der Waals surface area contributed by atoms with Gasteiger partial charge in [-0.3, -0.25) is 0 Å². The Morgan fingerprint density at radius 3 is 2.62 bits per heavy atom. The van der Waals surface area contributed by atoms with Gasteiger partial charge in [0.1, 0.15) is 0 Å². The number of hydrogen-bond donors (Lipinski definition) is 1. The van der Waals surface area contributed by atoms with Crippen LogP contribution in [0.2, 0.25) is 5.28 Å². The van der Waals surface area contributed by atoms with Crippen LogP contribution in [-0.2, 0) is 6.54 Å². The van der Waals surface area contributed by atoms with Crippen molar-refractivity contribution in [1.29, 1.82) is 0 Å². The predicted molar refractivity (Wildman–Crippen MR) is 89.9 cm³/mol. The third-order valence-electron chi connectivity index (χ3n) is 2.98. The number of nitrogens with one attached hydrogen (secondary N) is 1. The molecule has 112 valence electrons. The molecule has 0 amide bonds. The average Bonchev–Trinajstić information content (AvgIpc) is 2.46. The highest BCUT2D eigenvalue weighted by atomic mass is 79.9. The van der Waals surface area contributed by atoms with Gasteiger partial charge in [-0.15, -0.1) is 0 Å². The third kappa shape index (κ3) is 4.54. The summed E-state index contributed by atoms with van der Waals surface area (Å²) in [5.41, 5.74) is 1.13. The Balaban J connectivity index is 2.13. The van der Waals surface area contributed by atoms with Crippen LogP contribution in [0.25, 0.3) is 0 Å². The first kappa shape index (κ1) is 16.0. The van der Waals surface area contributed by atoms with Crippen LogP contribution in [0.3, 0.4) is 0 Å². The van der Waals surface area contributed by atoms with Gasteiger partial charge in [-0.1, -0.05) is 28.1 Å². The van der Waals surface area contributed by atoms with Crippen molar-refractivity contribution >= 4 is 39.4 Å². The van der Waals surface area contributed by atoms with E-state index >= 15 is 0 Å². The Kier molecular flexibility index (Phi) is 5.76. The Hall–Kier alpha value is -1.40. The molecule has 1 aromatic carbocycles. The lowest BCUT2D eigenvalue weighted by atomic mass is 10.2. The molecule has 2 rings (SSSR count). The molecule has 0 unspecified atom stereocenters. The van der Waals surface area contributed by atoms with Crippen LogP contribution in [0.5, 0.6) is 0 Å². The Morgan fingerprint density at radius 2 is 1.95 bits per heavy atom. The molecule has 0 atom stereocenters. The molecule has 21 heavy (non-hydrogen) atoms. The van der Waals surface area contributed by atoms with Crippen molar-refractivity contribution < 1.29 is 0 Å². The van der Waals surface area contributed by atoms with E-state index in [0.717, 1.165) is 23.1 Å². The summed E-state index contributed by atoms with van der Waals surface area (Å²) in [7, 11) is 0. The second kappa shape index (κ2) is 7.56. The molecule has 7 heteroatoms. The fourth-order valence-corrected chi connectivity index (χ4v) is 2.50. The zero-order chi connectivity index (χ0) is 15.2. The molecule has 2 aromatic rings. The van der Waals surface area contributed by atoms with Gasteiger partial charge in [0.15, 0.2) is 0 Å². The summed E-state index contributed by atoms with van der Waals surface area (Å²) in [4.78, 5) is 14.7. The maximum Gasteiger partial charge on any atom is 0.231 e. The van der Waals surface area contributed by atoms with Gasteiger partial charge in [-0.05, 0) is 43.1 Å². The van der Waals surface area contributed by atoms with Gasteiger partial charge in [0, 0.05) is 24.1 Å². The average molecular weight is 371 g/mol. The normalized spacial score (nSPS) is 10.5. The number of benzene rings is 1. The Bertz CT molecular complexity index is 604. The van der Waals surface area contributed by atoms with Crippen LogP contribution in [0.15, 0.2) is 28.7 Å². The second-order valence-corrected chi connectivity index (χ2v) is 5.64. The molecule has 0 aliphatic carbocycles. The highest BCUT2D eigenvalue weighted by Crippen LogP contribution is 2.15. The number of halogens is 2. The molecule has 0 aliphatic heterocycles. The van der Waals surface area contributed by atoms with E-state index in [9.17, 15) is 0 Å². The molecule has 0 saturated carbocycles. The number of rotatable bonds is 6. The summed E-state index contributed by atoms with van der Waals surface area (Å²) in [5.74, 6) is 1.08. The van der Waals surface area contributed by atoms with E-state index in [1.54, 1.807) is 0 Å². The highest BCUT2D eigenvalue weighted by Gasteiger charge is 2.09. The molecule has 1 heterocycles. The zero-order valence-corrected chi connectivity index (χ0v) is 14.3. The van der Waals surface area contributed by atoms with Gasteiger partial charge in [-0.25, -0.2) is 0 Å². The van der Waals surface area contributed by atoms with Crippen molar-refractivity contribution in [3.63, 3.8) is 0 Å². The molecule has 0 saturated heterocycles. The van der Waals surface area contributed by atoms with Crippen LogP contribution in [-0.4, -0.2) is 28.0 Å². The molecule has 5 nitrogen and oxygen atoms in total. The van der Waals surface area contributed by atoms with Crippen molar-refractivity contribution in [2.24, 2.45) is 0 Å². The predicted octanol–water partition coefficient (Wildman–Crippen LogP) is 3.75. The molecule has 1 aromatic heterocycles. The molecular formula is C14H17BrClN5. The minimum absolute atomic E-state index is 0.198. The summed E-state index contributed by atoms with van der Waals surface area (Å²) in [6.45, 7) is 6.37. The maximum absolute atomic E-state index is 5.98. The van der Waals surface area contributed by atoms with Gasteiger partial charge in [0.05, 0.1) is 0 Å². The number of anilines is 2. The van der Waals surface area contributed by atoms with E-state index in [-0.39, 0.29) is 5.28 Å². The second-order valence-electron chi connectivity index (χ2n) is 4.38. The van der Waals surface area contributed by atoms with Gasteiger partial charge < -0.3 is 10.2 Å².